The molecule has 22 heavy (non-hydrogen) atoms. The van der Waals surface area contributed by atoms with E-state index in [2.05, 4.69) is 11.9 Å². The van der Waals surface area contributed by atoms with Crippen molar-refractivity contribution < 1.29 is 14.3 Å². The fraction of sp³-hybridized carbons (Fsp3) is 0.294. The van der Waals surface area contributed by atoms with Crippen LogP contribution >= 0.6 is 0 Å². The zero-order valence-electron chi connectivity index (χ0n) is 12.3. The number of hydrogen-bond acceptors (Lipinski definition) is 4. The van der Waals surface area contributed by atoms with Gasteiger partial charge in [-0.1, -0.05) is 36.4 Å². The Balaban J connectivity index is 2.22. The van der Waals surface area contributed by atoms with Gasteiger partial charge in [0.2, 0.25) is 5.91 Å². The van der Waals surface area contributed by atoms with E-state index in [0.717, 1.165) is 5.56 Å². The van der Waals surface area contributed by atoms with E-state index >= 15 is 0 Å². The van der Waals surface area contributed by atoms with E-state index < -0.39 is 17.6 Å². The van der Waals surface area contributed by atoms with Crippen LogP contribution in [0.4, 0.5) is 0 Å². The fourth-order valence-corrected chi connectivity index (χ4v) is 2.51. The van der Waals surface area contributed by atoms with Crippen molar-refractivity contribution in [3.63, 3.8) is 0 Å². The van der Waals surface area contributed by atoms with Crippen LogP contribution < -0.4 is 11.1 Å². The number of allylic oxidation sites excluding steroid dienone is 1. The summed E-state index contributed by atoms with van der Waals surface area (Å²) in [7, 11) is 0. The summed E-state index contributed by atoms with van der Waals surface area (Å²) < 4.78 is 5.76. The van der Waals surface area contributed by atoms with Crippen LogP contribution in [0.2, 0.25) is 0 Å². The first-order valence-corrected chi connectivity index (χ1v) is 7.14. The van der Waals surface area contributed by atoms with Crippen LogP contribution in [0.5, 0.6) is 0 Å². The predicted molar refractivity (Wildman–Crippen MR) is 83.7 cm³/mol. The Kier molecular flexibility index (Phi) is 5.12. The molecule has 0 bridgehead atoms. The lowest BCUT2D eigenvalue weighted by atomic mass is 9.82. The highest BCUT2D eigenvalue weighted by molar-refractivity contribution is 6.02. The maximum absolute atomic E-state index is 12.2. The summed E-state index contributed by atoms with van der Waals surface area (Å²) >= 11 is 0. The Morgan fingerprint density at radius 2 is 2.14 bits per heavy atom. The van der Waals surface area contributed by atoms with Gasteiger partial charge < -0.3 is 15.8 Å². The number of ether oxygens (including phenoxy) is 1. The Hall–Kier alpha value is -2.40. The van der Waals surface area contributed by atoms with Crippen LogP contribution in [-0.2, 0) is 20.9 Å². The van der Waals surface area contributed by atoms with Crippen molar-refractivity contribution in [2.24, 2.45) is 5.73 Å². The number of rotatable bonds is 7. The lowest BCUT2D eigenvalue weighted by molar-refractivity contribution is -0.144. The van der Waals surface area contributed by atoms with Crippen LogP contribution in [0.25, 0.3) is 0 Å². The Bertz CT molecular complexity index is 583. The van der Waals surface area contributed by atoms with Gasteiger partial charge in [0.25, 0.3) is 0 Å². The van der Waals surface area contributed by atoms with Crippen molar-refractivity contribution >= 4 is 11.7 Å². The second-order valence-corrected chi connectivity index (χ2v) is 5.22. The van der Waals surface area contributed by atoms with E-state index in [1.54, 1.807) is 6.08 Å². The van der Waals surface area contributed by atoms with Crippen LogP contribution in [-0.4, -0.2) is 23.3 Å². The maximum atomic E-state index is 12.2. The summed E-state index contributed by atoms with van der Waals surface area (Å²) in [6.45, 7) is 3.88. The molecule has 116 valence electrons. The molecule has 5 nitrogen and oxygen atoms in total. The zero-order chi connectivity index (χ0) is 16.0. The van der Waals surface area contributed by atoms with E-state index in [9.17, 15) is 9.59 Å². The van der Waals surface area contributed by atoms with Crippen LogP contribution in [0.15, 0.2) is 55.3 Å². The summed E-state index contributed by atoms with van der Waals surface area (Å²) in [5, 5.41) is 2.93. The molecule has 1 aliphatic heterocycles. The van der Waals surface area contributed by atoms with Crippen molar-refractivity contribution in [2.75, 3.05) is 0 Å². The highest BCUT2D eigenvalue weighted by Crippen LogP contribution is 2.26. The molecule has 0 fully saturated rings. The van der Waals surface area contributed by atoms with E-state index in [0.29, 0.717) is 12.8 Å². The molecule has 1 heterocycles. The highest BCUT2D eigenvalue weighted by atomic mass is 16.5. The minimum absolute atomic E-state index is 0.232. The normalized spacial score (nSPS) is 23.8. The fourth-order valence-electron chi connectivity index (χ4n) is 2.51. The number of nitrogens with two attached hydrogens (primary N) is 1. The molecule has 0 saturated heterocycles. The van der Waals surface area contributed by atoms with Gasteiger partial charge in [-0.25, -0.2) is 0 Å². The molecule has 1 aromatic carbocycles. The van der Waals surface area contributed by atoms with Gasteiger partial charge in [0.15, 0.2) is 17.4 Å². The van der Waals surface area contributed by atoms with Crippen LogP contribution in [0.3, 0.4) is 0 Å². The van der Waals surface area contributed by atoms with E-state index in [1.165, 1.54) is 12.3 Å². The molecule has 0 saturated carbocycles. The number of benzene rings is 1. The van der Waals surface area contributed by atoms with E-state index in [-0.39, 0.29) is 12.4 Å². The summed E-state index contributed by atoms with van der Waals surface area (Å²) in [4.78, 5) is 24.2. The number of hydrogen-bond donors (Lipinski definition) is 2. The molecule has 0 aromatic heterocycles. The molecule has 2 unspecified atom stereocenters. The van der Waals surface area contributed by atoms with Crippen molar-refractivity contribution in [3.8, 4) is 0 Å². The van der Waals surface area contributed by atoms with E-state index in [4.69, 9.17) is 10.5 Å². The Morgan fingerprint density at radius 3 is 2.77 bits per heavy atom. The molecule has 5 heteroatoms. The van der Waals surface area contributed by atoms with Gasteiger partial charge in [-0.3, -0.25) is 9.59 Å². The van der Waals surface area contributed by atoms with Crippen molar-refractivity contribution in [3.05, 3.63) is 60.8 Å². The van der Waals surface area contributed by atoms with Crippen molar-refractivity contribution in [1.29, 1.82) is 0 Å². The SMILES string of the molecule is C=CCCC1(C(N)=O)NC=CC(=O)C1OCc1ccccc1. The second kappa shape index (κ2) is 7.04. The van der Waals surface area contributed by atoms with E-state index in [1.807, 2.05) is 30.3 Å². The average Bonchev–Trinajstić information content (AvgIpc) is 2.52. The summed E-state index contributed by atoms with van der Waals surface area (Å²) in [5.41, 5.74) is 5.24. The lowest BCUT2D eigenvalue weighted by Crippen LogP contribution is -2.65. The van der Waals surface area contributed by atoms with Crippen LogP contribution in [0.1, 0.15) is 18.4 Å². The summed E-state index contributed by atoms with van der Waals surface area (Å²) in [6.07, 6.45) is 4.45. The Labute approximate surface area is 129 Å². The number of carbonyl (C=O) groups excluding carboxylic acids is 2. The van der Waals surface area contributed by atoms with Gasteiger partial charge in [0, 0.05) is 6.20 Å². The third-order valence-electron chi connectivity index (χ3n) is 3.74. The molecule has 1 aliphatic rings. The minimum atomic E-state index is -1.24. The van der Waals surface area contributed by atoms with Gasteiger partial charge in [0.1, 0.15) is 0 Å². The minimum Gasteiger partial charge on any atom is -0.375 e. The molecule has 0 aliphatic carbocycles. The number of nitrogens with one attached hydrogen (secondary N) is 1. The molecular formula is C17H20N2O3. The zero-order valence-corrected chi connectivity index (χ0v) is 12.3. The monoisotopic (exact) mass is 300 g/mol. The number of amides is 1. The van der Waals surface area contributed by atoms with Gasteiger partial charge in [-0.2, -0.15) is 0 Å². The number of ketones is 1. The third kappa shape index (κ3) is 3.26. The molecule has 1 amide bonds. The van der Waals surface area contributed by atoms with Crippen molar-refractivity contribution in [1.82, 2.24) is 5.32 Å². The molecule has 0 radical (unpaired) electrons. The third-order valence-corrected chi connectivity index (χ3v) is 3.74. The molecule has 1 aromatic rings. The smallest absolute Gasteiger partial charge is 0.246 e. The molecule has 0 spiro atoms. The topological polar surface area (TPSA) is 81.4 Å². The van der Waals surface area contributed by atoms with Crippen molar-refractivity contribution in [2.45, 2.75) is 31.1 Å². The average molecular weight is 300 g/mol. The molecule has 2 atom stereocenters. The standard InChI is InChI=1S/C17H20N2O3/c1-2-3-10-17(16(18)21)15(14(20)9-11-19-17)22-12-13-7-5-4-6-8-13/h2,4-9,11,15,19H,1,3,10,12H2,(H2,18,21). The van der Waals surface area contributed by atoms with Gasteiger partial charge in [-0.05, 0) is 24.5 Å². The lowest BCUT2D eigenvalue weighted by Gasteiger charge is -2.39. The quantitative estimate of drug-likeness (QED) is 0.747. The predicted octanol–water partition coefficient (Wildman–Crippen LogP) is 1.45. The first kappa shape index (κ1) is 16.0. The summed E-state index contributed by atoms with van der Waals surface area (Å²) in [6, 6.07) is 9.47. The highest BCUT2D eigenvalue weighted by Gasteiger charge is 2.48. The van der Waals surface area contributed by atoms with Gasteiger partial charge >= 0.3 is 0 Å². The molecule has 3 N–H and O–H groups in total. The first-order valence-electron chi connectivity index (χ1n) is 7.14. The number of carbonyl (C=O) groups is 2. The van der Waals surface area contributed by atoms with Gasteiger partial charge in [0.05, 0.1) is 6.61 Å². The maximum Gasteiger partial charge on any atom is 0.246 e. The molecule has 2 rings (SSSR count). The Morgan fingerprint density at radius 1 is 1.41 bits per heavy atom. The largest absolute Gasteiger partial charge is 0.375 e. The van der Waals surface area contributed by atoms with Gasteiger partial charge in [-0.15, -0.1) is 6.58 Å². The molecular weight excluding hydrogens is 280 g/mol. The number of primary amides is 1. The second-order valence-electron chi connectivity index (χ2n) is 5.22. The summed E-state index contributed by atoms with van der Waals surface area (Å²) in [5.74, 6) is -0.873. The van der Waals surface area contributed by atoms with Crippen LogP contribution in [0, 0.1) is 0 Å². The first-order chi connectivity index (χ1) is 10.6.